The predicted molar refractivity (Wildman–Crippen MR) is 121 cm³/mol. The summed E-state index contributed by atoms with van der Waals surface area (Å²) in [6.07, 6.45) is 0. The van der Waals surface area contributed by atoms with E-state index in [4.69, 9.17) is 11.6 Å². The van der Waals surface area contributed by atoms with Gasteiger partial charge in [-0.05, 0) is 48.5 Å². The zero-order valence-electron chi connectivity index (χ0n) is 16.2. The van der Waals surface area contributed by atoms with Crippen molar-refractivity contribution in [2.75, 3.05) is 17.3 Å². The molecule has 0 unspecified atom stereocenters. The van der Waals surface area contributed by atoms with E-state index in [9.17, 15) is 9.59 Å². The molecule has 1 amide bonds. The normalized spacial score (nSPS) is 10.7. The number of anilines is 3. The van der Waals surface area contributed by atoms with Gasteiger partial charge >= 0.3 is 5.69 Å². The Morgan fingerprint density at radius 2 is 1.67 bits per heavy atom. The van der Waals surface area contributed by atoms with Crippen LogP contribution in [0, 0.1) is 0 Å². The van der Waals surface area contributed by atoms with Crippen molar-refractivity contribution in [2.45, 2.75) is 6.54 Å². The highest BCUT2D eigenvalue weighted by Crippen LogP contribution is 2.27. The van der Waals surface area contributed by atoms with Gasteiger partial charge in [0.2, 0.25) is 5.91 Å². The van der Waals surface area contributed by atoms with E-state index in [0.29, 0.717) is 22.0 Å². The first-order valence-electron chi connectivity index (χ1n) is 9.37. The van der Waals surface area contributed by atoms with Crippen LogP contribution in [-0.2, 0) is 11.3 Å². The molecule has 0 saturated carbocycles. The zero-order valence-corrected chi connectivity index (χ0v) is 17.0. The number of hydrogen-bond donors (Lipinski definition) is 1. The van der Waals surface area contributed by atoms with Crippen molar-refractivity contribution < 1.29 is 4.79 Å². The fourth-order valence-electron chi connectivity index (χ4n) is 3.27. The highest BCUT2D eigenvalue weighted by atomic mass is 35.5. The van der Waals surface area contributed by atoms with E-state index in [2.05, 4.69) is 10.3 Å². The molecule has 6 nitrogen and oxygen atoms in total. The summed E-state index contributed by atoms with van der Waals surface area (Å²) >= 11 is 5.88. The van der Waals surface area contributed by atoms with Gasteiger partial charge in [-0.15, -0.1) is 0 Å². The summed E-state index contributed by atoms with van der Waals surface area (Å²) in [7, 11) is 1.86. The predicted octanol–water partition coefficient (Wildman–Crippen LogP) is 4.46. The number of para-hydroxylation sites is 2. The van der Waals surface area contributed by atoms with Gasteiger partial charge in [0.1, 0.15) is 12.4 Å². The number of aromatic nitrogens is 2. The van der Waals surface area contributed by atoms with E-state index in [1.165, 1.54) is 4.57 Å². The minimum Gasteiger partial charge on any atom is -0.329 e. The van der Waals surface area contributed by atoms with Crippen LogP contribution in [0.4, 0.5) is 17.2 Å². The number of fused-ring (bicyclic) bond motifs is 1. The van der Waals surface area contributed by atoms with Crippen LogP contribution in [0.25, 0.3) is 10.9 Å². The third-order valence-corrected chi connectivity index (χ3v) is 5.01. The highest BCUT2D eigenvalue weighted by Gasteiger charge is 2.16. The Bertz CT molecular complexity index is 1250. The largest absolute Gasteiger partial charge is 0.350 e. The molecule has 4 rings (SSSR count). The molecule has 1 heterocycles. The Morgan fingerprint density at radius 1 is 1.00 bits per heavy atom. The van der Waals surface area contributed by atoms with Gasteiger partial charge in [0, 0.05) is 28.8 Å². The number of rotatable bonds is 5. The summed E-state index contributed by atoms with van der Waals surface area (Å²) in [5.41, 5.74) is 1.67. The monoisotopic (exact) mass is 418 g/mol. The van der Waals surface area contributed by atoms with Crippen molar-refractivity contribution in [1.29, 1.82) is 0 Å². The van der Waals surface area contributed by atoms with Crippen LogP contribution in [0.3, 0.4) is 0 Å². The minimum atomic E-state index is -0.488. The van der Waals surface area contributed by atoms with Crippen LogP contribution < -0.4 is 15.9 Å². The Balaban J connectivity index is 1.70. The summed E-state index contributed by atoms with van der Waals surface area (Å²) in [5.74, 6) is 0.215. The lowest BCUT2D eigenvalue weighted by Crippen LogP contribution is -2.31. The topological polar surface area (TPSA) is 67.2 Å². The van der Waals surface area contributed by atoms with Crippen molar-refractivity contribution in [3.8, 4) is 0 Å². The van der Waals surface area contributed by atoms with Crippen molar-refractivity contribution in [3.63, 3.8) is 0 Å². The first kappa shape index (κ1) is 19.7. The van der Waals surface area contributed by atoms with Gasteiger partial charge < -0.3 is 10.2 Å². The Labute approximate surface area is 178 Å². The van der Waals surface area contributed by atoms with Crippen LogP contribution in [0.2, 0.25) is 5.02 Å². The second kappa shape index (κ2) is 8.39. The molecular weight excluding hydrogens is 400 g/mol. The number of halogens is 1. The molecular formula is C23H19ClN4O2. The molecule has 0 saturated heterocycles. The molecule has 3 aromatic carbocycles. The maximum absolute atomic E-state index is 12.9. The summed E-state index contributed by atoms with van der Waals surface area (Å²) < 4.78 is 1.38. The number of hydrogen-bond acceptors (Lipinski definition) is 4. The van der Waals surface area contributed by atoms with Gasteiger partial charge in [0.15, 0.2) is 0 Å². The minimum absolute atomic E-state index is 0.149. The van der Waals surface area contributed by atoms with Crippen molar-refractivity contribution in [3.05, 3.63) is 94.4 Å². The first-order valence-corrected chi connectivity index (χ1v) is 9.74. The van der Waals surface area contributed by atoms with Crippen LogP contribution in [-0.4, -0.2) is 22.5 Å². The second-order valence-corrected chi connectivity index (χ2v) is 7.21. The van der Waals surface area contributed by atoms with Gasteiger partial charge in [-0.25, -0.2) is 4.79 Å². The average Bonchev–Trinajstić information content (AvgIpc) is 2.77. The van der Waals surface area contributed by atoms with E-state index in [-0.39, 0.29) is 12.5 Å². The fourth-order valence-corrected chi connectivity index (χ4v) is 3.40. The average molecular weight is 419 g/mol. The lowest BCUT2D eigenvalue weighted by molar-refractivity contribution is -0.116. The number of carbonyl (C=O) groups excluding carboxylic acids is 1. The summed E-state index contributed by atoms with van der Waals surface area (Å²) in [6, 6.07) is 23.9. The van der Waals surface area contributed by atoms with Crippen molar-refractivity contribution >= 4 is 45.6 Å². The summed E-state index contributed by atoms with van der Waals surface area (Å²) in [4.78, 5) is 31.6. The Morgan fingerprint density at radius 3 is 2.40 bits per heavy atom. The molecule has 0 radical (unpaired) electrons. The standard InChI is InChI=1S/C23H19ClN4O2/c1-27(18-7-3-2-4-8-18)22-19-9-5-6-10-20(19)28(23(30)26-22)15-21(29)25-17-13-11-16(24)12-14-17/h2-14H,15H2,1H3,(H,25,29). The maximum atomic E-state index is 12.9. The Kier molecular flexibility index (Phi) is 5.50. The molecule has 0 fully saturated rings. The third kappa shape index (κ3) is 4.04. The van der Waals surface area contributed by atoms with Crippen LogP contribution in [0.5, 0.6) is 0 Å². The van der Waals surface area contributed by atoms with Gasteiger partial charge in [0.05, 0.1) is 5.52 Å². The third-order valence-electron chi connectivity index (χ3n) is 4.76. The molecule has 0 spiro atoms. The number of nitrogens with zero attached hydrogens (tertiary/aromatic N) is 3. The molecule has 30 heavy (non-hydrogen) atoms. The van der Waals surface area contributed by atoms with Crippen molar-refractivity contribution in [1.82, 2.24) is 9.55 Å². The van der Waals surface area contributed by atoms with E-state index in [1.807, 2.05) is 66.5 Å². The molecule has 150 valence electrons. The molecule has 4 aromatic rings. The lowest BCUT2D eigenvalue weighted by atomic mass is 10.2. The number of benzene rings is 3. The van der Waals surface area contributed by atoms with E-state index in [1.54, 1.807) is 24.3 Å². The number of amides is 1. The van der Waals surface area contributed by atoms with Gasteiger partial charge in [-0.1, -0.05) is 41.9 Å². The molecule has 0 atom stereocenters. The van der Waals surface area contributed by atoms with Gasteiger partial charge in [-0.2, -0.15) is 4.98 Å². The van der Waals surface area contributed by atoms with Crippen LogP contribution in [0.15, 0.2) is 83.7 Å². The SMILES string of the molecule is CN(c1ccccc1)c1nc(=O)n(CC(=O)Nc2ccc(Cl)cc2)c2ccccc12. The number of carbonyl (C=O) groups is 1. The molecule has 7 heteroatoms. The fraction of sp³-hybridized carbons (Fsp3) is 0.0870. The van der Waals surface area contributed by atoms with Gasteiger partial charge in [0.25, 0.3) is 0 Å². The summed E-state index contributed by atoms with van der Waals surface area (Å²) in [5, 5.41) is 4.14. The number of nitrogens with one attached hydrogen (secondary N) is 1. The first-order chi connectivity index (χ1) is 14.5. The van der Waals surface area contributed by atoms with E-state index in [0.717, 1.165) is 11.1 Å². The van der Waals surface area contributed by atoms with E-state index < -0.39 is 5.69 Å². The van der Waals surface area contributed by atoms with Crippen LogP contribution >= 0.6 is 11.6 Å². The van der Waals surface area contributed by atoms with Crippen LogP contribution in [0.1, 0.15) is 0 Å². The second-order valence-electron chi connectivity index (χ2n) is 6.77. The summed E-state index contributed by atoms with van der Waals surface area (Å²) in [6.45, 7) is -0.149. The quantitative estimate of drug-likeness (QED) is 0.519. The highest BCUT2D eigenvalue weighted by molar-refractivity contribution is 6.30. The Hall–Kier alpha value is -3.64. The lowest BCUT2D eigenvalue weighted by Gasteiger charge is -2.21. The van der Waals surface area contributed by atoms with E-state index >= 15 is 0 Å². The smallest absolute Gasteiger partial charge is 0.329 e. The molecule has 0 aliphatic heterocycles. The van der Waals surface area contributed by atoms with Gasteiger partial charge in [-0.3, -0.25) is 9.36 Å². The molecule has 0 aliphatic rings. The molecule has 0 bridgehead atoms. The molecule has 1 N–H and O–H groups in total. The van der Waals surface area contributed by atoms with Crippen molar-refractivity contribution in [2.24, 2.45) is 0 Å². The maximum Gasteiger partial charge on any atom is 0.350 e. The zero-order chi connectivity index (χ0) is 21.1. The molecule has 0 aliphatic carbocycles. The molecule has 1 aromatic heterocycles.